The summed E-state index contributed by atoms with van der Waals surface area (Å²) < 4.78 is 32.3. The molecule has 6 nitrogen and oxygen atoms in total. The van der Waals surface area contributed by atoms with Gasteiger partial charge < -0.3 is 9.64 Å². The lowest BCUT2D eigenvalue weighted by molar-refractivity contribution is 0.222. The number of hydrogen-bond donors (Lipinski definition) is 0. The van der Waals surface area contributed by atoms with Gasteiger partial charge in [-0.05, 0) is 37.4 Å². The number of thioether (sulfide) groups is 1. The van der Waals surface area contributed by atoms with Crippen molar-refractivity contribution in [1.82, 2.24) is 14.2 Å². The number of nitrogens with zero attached hydrogens (tertiary/aromatic N) is 3. The first-order valence-corrected chi connectivity index (χ1v) is 11.3. The fraction of sp³-hybridized carbons (Fsp3) is 0.389. The molecule has 0 saturated carbocycles. The van der Waals surface area contributed by atoms with Crippen LogP contribution >= 0.6 is 23.4 Å². The largest absolute Gasteiger partial charge is 0.496 e. The maximum Gasteiger partial charge on any atom is 0.244 e. The zero-order chi connectivity index (χ0) is 19.4. The molecule has 1 aromatic carbocycles. The van der Waals surface area contributed by atoms with Crippen molar-refractivity contribution in [1.29, 1.82) is 0 Å². The molecule has 1 saturated heterocycles. The number of ether oxygens (including phenoxy) is 1. The van der Waals surface area contributed by atoms with E-state index in [1.54, 1.807) is 25.3 Å². The Morgan fingerprint density at radius 2 is 1.93 bits per heavy atom. The molecule has 2 heterocycles. The fourth-order valence-electron chi connectivity index (χ4n) is 2.79. The minimum atomic E-state index is -3.49. The number of halogens is 1. The van der Waals surface area contributed by atoms with Crippen LogP contribution < -0.4 is 4.74 Å². The van der Waals surface area contributed by atoms with E-state index in [1.165, 1.54) is 22.3 Å². The third-order valence-electron chi connectivity index (χ3n) is 4.43. The monoisotopic (exact) mass is 427 g/mol. The maximum absolute atomic E-state index is 12.7. The van der Waals surface area contributed by atoms with Crippen molar-refractivity contribution in [3.8, 4) is 5.75 Å². The molecule has 3 rings (SSSR count). The standard InChI is InChI=1S/C18H22ClN3O3S2/c1-21-7-9-22(10-8-21)27(23,24)16-4-6-18(20-12-16)26-13-14-11-15(19)3-5-17(14)25-2/h3-6,11-12H,7-10,13H2,1-2H3. The van der Waals surface area contributed by atoms with E-state index in [-0.39, 0.29) is 4.90 Å². The Morgan fingerprint density at radius 3 is 2.56 bits per heavy atom. The molecule has 0 N–H and O–H groups in total. The number of aromatic nitrogens is 1. The van der Waals surface area contributed by atoms with Gasteiger partial charge in [-0.25, -0.2) is 13.4 Å². The smallest absolute Gasteiger partial charge is 0.244 e. The normalized spacial score (nSPS) is 16.4. The van der Waals surface area contributed by atoms with Crippen molar-refractivity contribution >= 4 is 33.4 Å². The Morgan fingerprint density at radius 1 is 1.19 bits per heavy atom. The lowest BCUT2D eigenvalue weighted by atomic mass is 10.2. The van der Waals surface area contributed by atoms with Gasteiger partial charge in [0, 0.05) is 48.7 Å². The summed E-state index contributed by atoms with van der Waals surface area (Å²) in [6.07, 6.45) is 1.44. The Labute approximate surface area is 169 Å². The van der Waals surface area contributed by atoms with Gasteiger partial charge in [-0.1, -0.05) is 11.6 Å². The fourth-order valence-corrected chi connectivity index (χ4v) is 5.18. The molecule has 0 atom stereocenters. The molecule has 0 amide bonds. The van der Waals surface area contributed by atoms with Crippen LogP contribution in [0.25, 0.3) is 0 Å². The molecule has 0 bridgehead atoms. The summed E-state index contributed by atoms with van der Waals surface area (Å²) in [5, 5.41) is 1.39. The molecular formula is C18H22ClN3O3S2. The summed E-state index contributed by atoms with van der Waals surface area (Å²) in [4.78, 5) is 6.67. The van der Waals surface area contributed by atoms with E-state index >= 15 is 0 Å². The Kier molecular flexibility index (Phi) is 6.65. The summed E-state index contributed by atoms with van der Waals surface area (Å²) in [5.41, 5.74) is 0.964. The summed E-state index contributed by atoms with van der Waals surface area (Å²) in [6, 6.07) is 8.84. The molecule has 1 fully saturated rings. The molecule has 0 spiro atoms. The Hall–Kier alpha value is -1.32. The number of piperazine rings is 1. The summed E-state index contributed by atoms with van der Waals surface area (Å²) in [7, 11) is 0.123. The minimum Gasteiger partial charge on any atom is -0.496 e. The highest BCUT2D eigenvalue weighted by Crippen LogP contribution is 2.29. The van der Waals surface area contributed by atoms with Gasteiger partial charge in [0.2, 0.25) is 10.0 Å². The lowest BCUT2D eigenvalue weighted by Crippen LogP contribution is -2.47. The first-order chi connectivity index (χ1) is 12.9. The van der Waals surface area contributed by atoms with Crippen LogP contribution in [0.15, 0.2) is 46.5 Å². The van der Waals surface area contributed by atoms with E-state index in [0.717, 1.165) is 29.4 Å². The highest BCUT2D eigenvalue weighted by molar-refractivity contribution is 7.98. The molecule has 2 aromatic rings. The number of sulfonamides is 1. The quantitative estimate of drug-likeness (QED) is 0.660. The first-order valence-electron chi connectivity index (χ1n) is 8.50. The second-order valence-corrected chi connectivity index (χ2v) is 9.65. The van der Waals surface area contributed by atoms with Gasteiger partial charge in [0.05, 0.1) is 12.1 Å². The van der Waals surface area contributed by atoms with Crippen molar-refractivity contribution in [2.24, 2.45) is 0 Å². The van der Waals surface area contributed by atoms with Gasteiger partial charge >= 0.3 is 0 Å². The van der Waals surface area contributed by atoms with Crippen molar-refractivity contribution in [2.75, 3.05) is 40.3 Å². The van der Waals surface area contributed by atoms with E-state index in [4.69, 9.17) is 16.3 Å². The predicted octanol–water partition coefficient (Wildman–Crippen LogP) is 2.97. The van der Waals surface area contributed by atoms with Crippen LogP contribution in [-0.2, 0) is 15.8 Å². The summed E-state index contributed by atoms with van der Waals surface area (Å²) in [6.45, 7) is 2.48. The third kappa shape index (κ3) is 4.94. The van der Waals surface area contributed by atoms with E-state index in [0.29, 0.717) is 23.9 Å². The first kappa shape index (κ1) is 20.4. The van der Waals surface area contributed by atoms with Crippen molar-refractivity contribution in [3.05, 3.63) is 47.1 Å². The van der Waals surface area contributed by atoms with Crippen LogP contribution in [0.2, 0.25) is 5.02 Å². The second-order valence-electron chi connectivity index (χ2n) is 6.28. The molecule has 1 aliphatic heterocycles. The van der Waals surface area contributed by atoms with Gasteiger partial charge in [-0.2, -0.15) is 4.31 Å². The van der Waals surface area contributed by atoms with Gasteiger partial charge in [0.1, 0.15) is 10.6 Å². The third-order valence-corrected chi connectivity index (χ3v) is 7.54. The zero-order valence-electron chi connectivity index (χ0n) is 15.3. The molecule has 0 unspecified atom stereocenters. The molecular weight excluding hydrogens is 406 g/mol. The molecule has 1 aromatic heterocycles. The van der Waals surface area contributed by atoms with Gasteiger partial charge in [0.25, 0.3) is 0 Å². The molecule has 0 aliphatic carbocycles. The van der Waals surface area contributed by atoms with E-state index in [1.807, 2.05) is 19.2 Å². The van der Waals surface area contributed by atoms with E-state index < -0.39 is 10.0 Å². The maximum atomic E-state index is 12.7. The lowest BCUT2D eigenvalue weighted by Gasteiger charge is -2.31. The summed E-state index contributed by atoms with van der Waals surface area (Å²) >= 11 is 7.56. The Balaban J connectivity index is 1.68. The molecule has 27 heavy (non-hydrogen) atoms. The van der Waals surface area contributed by atoms with Gasteiger partial charge in [-0.3, -0.25) is 0 Å². The van der Waals surface area contributed by atoms with Crippen LogP contribution in [0.5, 0.6) is 5.75 Å². The molecule has 0 radical (unpaired) electrons. The van der Waals surface area contributed by atoms with Gasteiger partial charge in [0.15, 0.2) is 0 Å². The number of methoxy groups -OCH3 is 1. The minimum absolute atomic E-state index is 0.233. The van der Waals surface area contributed by atoms with Crippen molar-refractivity contribution in [3.63, 3.8) is 0 Å². The van der Waals surface area contributed by atoms with Crippen LogP contribution in [0.3, 0.4) is 0 Å². The highest BCUT2D eigenvalue weighted by Gasteiger charge is 2.27. The van der Waals surface area contributed by atoms with Crippen LogP contribution in [0.1, 0.15) is 5.56 Å². The van der Waals surface area contributed by atoms with Crippen LogP contribution in [-0.4, -0.2) is 62.9 Å². The molecule has 146 valence electrons. The number of likely N-dealkylation sites (N-methyl/N-ethyl adjacent to an activating group) is 1. The molecule has 9 heteroatoms. The number of hydrogen-bond acceptors (Lipinski definition) is 6. The second kappa shape index (κ2) is 8.79. The van der Waals surface area contributed by atoms with E-state index in [2.05, 4.69) is 9.88 Å². The Bertz CT molecular complexity index is 883. The number of rotatable bonds is 6. The number of pyridine rings is 1. The predicted molar refractivity (Wildman–Crippen MR) is 108 cm³/mol. The average Bonchev–Trinajstić information content (AvgIpc) is 2.67. The van der Waals surface area contributed by atoms with Crippen LogP contribution in [0, 0.1) is 0 Å². The average molecular weight is 428 g/mol. The molecule has 1 aliphatic rings. The zero-order valence-corrected chi connectivity index (χ0v) is 17.6. The van der Waals surface area contributed by atoms with Gasteiger partial charge in [-0.15, -0.1) is 11.8 Å². The van der Waals surface area contributed by atoms with Crippen molar-refractivity contribution in [2.45, 2.75) is 15.7 Å². The van der Waals surface area contributed by atoms with Crippen molar-refractivity contribution < 1.29 is 13.2 Å². The highest BCUT2D eigenvalue weighted by atomic mass is 35.5. The number of benzene rings is 1. The van der Waals surface area contributed by atoms with Crippen LogP contribution in [0.4, 0.5) is 0 Å². The van der Waals surface area contributed by atoms with E-state index in [9.17, 15) is 8.42 Å². The topological polar surface area (TPSA) is 62.7 Å². The SMILES string of the molecule is COc1ccc(Cl)cc1CSc1ccc(S(=O)(=O)N2CCN(C)CC2)cn1. The summed E-state index contributed by atoms with van der Waals surface area (Å²) in [5.74, 6) is 1.39.